The first kappa shape index (κ1) is 13.8. The van der Waals surface area contributed by atoms with Crippen LogP contribution in [-0.2, 0) is 9.53 Å². The molecule has 2 saturated heterocycles. The topological polar surface area (TPSA) is 41.6 Å². The number of amides is 1. The number of carbonyl (C=O) groups is 1. The Morgan fingerprint density at radius 1 is 1.39 bits per heavy atom. The lowest BCUT2D eigenvalue weighted by Gasteiger charge is -2.27. The normalized spacial score (nSPS) is 26.9. The molecule has 1 atom stereocenters. The Kier molecular flexibility index (Phi) is 5.45. The van der Waals surface area contributed by atoms with E-state index in [1.165, 1.54) is 0 Å². The van der Waals surface area contributed by atoms with Gasteiger partial charge in [-0.2, -0.15) is 0 Å². The van der Waals surface area contributed by atoms with Gasteiger partial charge in [-0.05, 0) is 44.7 Å². The average Bonchev–Trinajstić information content (AvgIpc) is 2.65. The van der Waals surface area contributed by atoms with Crippen molar-refractivity contribution in [2.75, 3.05) is 32.8 Å². The summed E-state index contributed by atoms with van der Waals surface area (Å²) in [6.07, 6.45) is 5.24. The maximum atomic E-state index is 12.3. The number of nitrogens with one attached hydrogen (secondary N) is 1. The molecule has 0 radical (unpaired) electrons. The standard InChI is InChI=1S/C14H26N2O2/c1-2-13-11-16(8-3-9-18-13)14(17)10-12-4-6-15-7-5-12/h12-13,15H,2-11H2,1H3. The van der Waals surface area contributed by atoms with Gasteiger partial charge in [-0.1, -0.05) is 6.92 Å². The molecule has 18 heavy (non-hydrogen) atoms. The number of ether oxygens (including phenoxy) is 1. The van der Waals surface area contributed by atoms with E-state index in [0.29, 0.717) is 11.8 Å². The Morgan fingerprint density at radius 3 is 2.89 bits per heavy atom. The minimum Gasteiger partial charge on any atom is -0.376 e. The lowest BCUT2D eigenvalue weighted by molar-refractivity contribution is -0.133. The van der Waals surface area contributed by atoms with Crippen molar-refractivity contribution >= 4 is 5.91 Å². The SMILES string of the molecule is CCC1CN(C(=O)CC2CCNCC2)CCCO1. The van der Waals surface area contributed by atoms with Crippen LogP contribution in [0.1, 0.15) is 39.0 Å². The van der Waals surface area contributed by atoms with E-state index in [-0.39, 0.29) is 6.10 Å². The van der Waals surface area contributed by atoms with Crippen LogP contribution in [0, 0.1) is 5.92 Å². The maximum absolute atomic E-state index is 12.3. The number of piperidine rings is 1. The van der Waals surface area contributed by atoms with E-state index < -0.39 is 0 Å². The van der Waals surface area contributed by atoms with Crippen LogP contribution < -0.4 is 5.32 Å². The molecule has 0 bridgehead atoms. The molecule has 1 amide bonds. The summed E-state index contributed by atoms with van der Waals surface area (Å²) < 4.78 is 5.72. The molecule has 1 N–H and O–H groups in total. The Bertz CT molecular complexity index is 265. The molecule has 0 aromatic heterocycles. The predicted octanol–water partition coefficient (Wildman–Crippen LogP) is 1.40. The molecule has 4 nitrogen and oxygen atoms in total. The molecule has 1 unspecified atom stereocenters. The van der Waals surface area contributed by atoms with E-state index in [1.807, 2.05) is 4.90 Å². The fraction of sp³-hybridized carbons (Fsp3) is 0.929. The van der Waals surface area contributed by atoms with E-state index >= 15 is 0 Å². The Morgan fingerprint density at radius 2 is 2.17 bits per heavy atom. The minimum atomic E-state index is 0.240. The molecule has 2 aliphatic rings. The molecule has 0 aromatic carbocycles. The molecule has 0 aliphatic carbocycles. The van der Waals surface area contributed by atoms with Crippen LogP contribution in [0.2, 0.25) is 0 Å². The number of carbonyl (C=O) groups excluding carboxylic acids is 1. The molecular formula is C14H26N2O2. The summed E-state index contributed by atoms with van der Waals surface area (Å²) in [5.74, 6) is 0.925. The summed E-state index contributed by atoms with van der Waals surface area (Å²) in [7, 11) is 0. The maximum Gasteiger partial charge on any atom is 0.222 e. The van der Waals surface area contributed by atoms with Crippen molar-refractivity contribution in [3.63, 3.8) is 0 Å². The van der Waals surface area contributed by atoms with Gasteiger partial charge in [-0.3, -0.25) is 4.79 Å². The Hall–Kier alpha value is -0.610. The largest absolute Gasteiger partial charge is 0.376 e. The summed E-state index contributed by atoms with van der Waals surface area (Å²) in [5.41, 5.74) is 0. The van der Waals surface area contributed by atoms with Gasteiger partial charge in [-0.25, -0.2) is 0 Å². The van der Waals surface area contributed by atoms with Crippen LogP contribution in [0.15, 0.2) is 0 Å². The summed E-state index contributed by atoms with van der Waals surface area (Å²) >= 11 is 0. The smallest absolute Gasteiger partial charge is 0.222 e. The molecule has 104 valence electrons. The Labute approximate surface area is 110 Å². The number of hydrogen-bond acceptors (Lipinski definition) is 3. The zero-order valence-corrected chi connectivity index (χ0v) is 11.5. The van der Waals surface area contributed by atoms with Gasteiger partial charge in [0, 0.05) is 26.1 Å². The zero-order chi connectivity index (χ0) is 12.8. The first-order chi connectivity index (χ1) is 8.79. The first-order valence-electron chi connectivity index (χ1n) is 7.39. The van der Waals surface area contributed by atoms with Gasteiger partial charge in [0.15, 0.2) is 0 Å². The van der Waals surface area contributed by atoms with Crippen molar-refractivity contribution in [1.29, 1.82) is 0 Å². The van der Waals surface area contributed by atoms with E-state index in [4.69, 9.17) is 4.74 Å². The van der Waals surface area contributed by atoms with Gasteiger partial charge in [0.1, 0.15) is 0 Å². The molecule has 0 spiro atoms. The highest BCUT2D eigenvalue weighted by molar-refractivity contribution is 5.76. The molecule has 2 aliphatic heterocycles. The monoisotopic (exact) mass is 254 g/mol. The third-order valence-corrected chi connectivity index (χ3v) is 4.08. The third kappa shape index (κ3) is 3.95. The molecule has 2 rings (SSSR count). The van der Waals surface area contributed by atoms with Crippen molar-refractivity contribution in [2.45, 2.75) is 45.1 Å². The second-order valence-electron chi connectivity index (χ2n) is 5.49. The lowest BCUT2D eigenvalue weighted by Crippen LogP contribution is -2.39. The Balaban J connectivity index is 1.82. The molecule has 0 aromatic rings. The van der Waals surface area contributed by atoms with Gasteiger partial charge >= 0.3 is 0 Å². The van der Waals surface area contributed by atoms with Gasteiger partial charge in [-0.15, -0.1) is 0 Å². The number of nitrogens with zero attached hydrogens (tertiary/aromatic N) is 1. The summed E-state index contributed by atoms with van der Waals surface area (Å²) in [6.45, 7) is 6.74. The van der Waals surface area contributed by atoms with Crippen LogP contribution in [0.5, 0.6) is 0 Å². The quantitative estimate of drug-likeness (QED) is 0.828. The van der Waals surface area contributed by atoms with Crippen LogP contribution in [-0.4, -0.2) is 49.7 Å². The van der Waals surface area contributed by atoms with Crippen molar-refractivity contribution in [3.05, 3.63) is 0 Å². The summed E-state index contributed by atoms with van der Waals surface area (Å²) in [4.78, 5) is 14.4. The molecule has 4 heteroatoms. The van der Waals surface area contributed by atoms with Crippen molar-refractivity contribution in [2.24, 2.45) is 5.92 Å². The van der Waals surface area contributed by atoms with Crippen LogP contribution >= 0.6 is 0 Å². The van der Waals surface area contributed by atoms with Crippen LogP contribution in [0.3, 0.4) is 0 Å². The van der Waals surface area contributed by atoms with Gasteiger partial charge in [0.05, 0.1) is 6.10 Å². The first-order valence-corrected chi connectivity index (χ1v) is 7.39. The fourth-order valence-electron chi connectivity index (χ4n) is 2.83. The second-order valence-corrected chi connectivity index (χ2v) is 5.49. The molecule has 2 heterocycles. The van der Waals surface area contributed by atoms with E-state index in [2.05, 4.69) is 12.2 Å². The lowest BCUT2D eigenvalue weighted by atomic mass is 9.94. The van der Waals surface area contributed by atoms with Crippen molar-refractivity contribution in [3.8, 4) is 0 Å². The highest BCUT2D eigenvalue weighted by atomic mass is 16.5. The average molecular weight is 254 g/mol. The second kappa shape index (κ2) is 7.10. The van der Waals surface area contributed by atoms with Gasteiger partial charge in [0.25, 0.3) is 0 Å². The number of rotatable bonds is 3. The van der Waals surface area contributed by atoms with Crippen molar-refractivity contribution in [1.82, 2.24) is 10.2 Å². The molecular weight excluding hydrogens is 228 g/mol. The van der Waals surface area contributed by atoms with Gasteiger partial charge in [0.2, 0.25) is 5.91 Å². The summed E-state index contributed by atoms with van der Waals surface area (Å²) in [5, 5.41) is 3.35. The third-order valence-electron chi connectivity index (χ3n) is 4.08. The number of hydrogen-bond donors (Lipinski definition) is 1. The minimum absolute atomic E-state index is 0.240. The van der Waals surface area contributed by atoms with Crippen molar-refractivity contribution < 1.29 is 9.53 Å². The highest BCUT2D eigenvalue weighted by Crippen LogP contribution is 2.18. The van der Waals surface area contributed by atoms with E-state index in [1.54, 1.807) is 0 Å². The predicted molar refractivity (Wildman–Crippen MR) is 71.4 cm³/mol. The highest BCUT2D eigenvalue weighted by Gasteiger charge is 2.24. The molecule has 0 saturated carbocycles. The van der Waals surface area contributed by atoms with Gasteiger partial charge < -0.3 is 15.0 Å². The summed E-state index contributed by atoms with van der Waals surface area (Å²) in [6, 6.07) is 0. The fourth-order valence-corrected chi connectivity index (χ4v) is 2.83. The zero-order valence-electron chi connectivity index (χ0n) is 11.5. The van der Waals surface area contributed by atoms with E-state index in [9.17, 15) is 4.79 Å². The molecule has 2 fully saturated rings. The van der Waals surface area contributed by atoms with Crippen LogP contribution in [0.4, 0.5) is 0 Å². The van der Waals surface area contributed by atoms with Crippen LogP contribution in [0.25, 0.3) is 0 Å². The van der Waals surface area contributed by atoms with E-state index in [0.717, 1.165) is 64.9 Å².